The Morgan fingerprint density at radius 2 is 1.60 bits per heavy atom. The van der Waals surface area contributed by atoms with Crippen molar-refractivity contribution in [3.63, 3.8) is 0 Å². The molecule has 1 aliphatic carbocycles. The molecule has 290 valence electrons. The van der Waals surface area contributed by atoms with Crippen molar-refractivity contribution in [3.05, 3.63) is 108 Å². The third-order valence-corrected chi connectivity index (χ3v) is 10.6. The minimum Gasteiger partial charge on any atom is -0.491 e. The van der Waals surface area contributed by atoms with Gasteiger partial charge in [-0.1, -0.05) is 18.1 Å². The highest BCUT2D eigenvalue weighted by Gasteiger charge is 2.44. The first-order valence-electron chi connectivity index (χ1n) is 18.9. The Hall–Kier alpha value is -7.11. The maximum absolute atomic E-state index is 13.0. The number of hydrogen-bond donors (Lipinski definition) is 1. The maximum Gasteiger partial charge on any atom is 0.262 e. The van der Waals surface area contributed by atoms with Gasteiger partial charge in [0.2, 0.25) is 17.7 Å². The Morgan fingerprint density at radius 1 is 0.776 bits per heavy atom. The smallest absolute Gasteiger partial charge is 0.262 e. The van der Waals surface area contributed by atoms with Gasteiger partial charge in [0.05, 0.1) is 29.4 Å². The predicted octanol–water partition coefficient (Wildman–Crippen LogP) is 5.02. The van der Waals surface area contributed by atoms with Crippen LogP contribution in [0.4, 0.5) is 0 Å². The summed E-state index contributed by atoms with van der Waals surface area (Å²) >= 11 is 0. The van der Waals surface area contributed by atoms with Gasteiger partial charge in [0.25, 0.3) is 11.8 Å². The van der Waals surface area contributed by atoms with Crippen molar-refractivity contribution in [1.82, 2.24) is 29.7 Å². The van der Waals surface area contributed by atoms with E-state index in [0.717, 1.165) is 45.3 Å². The second kappa shape index (κ2) is 15.4. The van der Waals surface area contributed by atoms with Gasteiger partial charge in [0.1, 0.15) is 48.7 Å². The van der Waals surface area contributed by atoms with Gasteiger partial charge < -0.3 is 23.5 Å². The lowest BCUT2D eigenvalue weighted by Gasteiger charge is -2.34. The van der Waals surface area contributed by atoms with Crippen LogP contribution in [0.3, 0.4) is 0 Å². The number of pyridine rings is 3. The number of nitrogens with one attached hydrogen (secondary N) is 1. The molecule has 2 fully saturated rings. The van der Waals surface area contributed by atoms with Crippen molar-refractivity contribution in [1.29, 1.82) is 0 Å². The molecule has 3 aliphatic rings. The highest BCUT2D eigenvalue weighted by atomic mass is 16.5. The lowest BCUT2D eigenvalue weighted by atomic mass is 9.92. The van der Waals surface area contributed by atoms with Crippen molar-refractivity contribution < 1.29 is 38.1 Å². The molecular formula is C44H36N6O8. The molecular weight excluding hydrogens is 741 g/mol. The van der Waals surface area contributed by atoms with E-state index in [1.807, 2.05) is 42.9 Å². The average Bonchev–Trinajstić information content (AvgIpc) is 3.65. The van der Waals surface area contributed by atoms with E-state index in [1.54, 1.807) is 18.3 Å². The topological polar surface area (TPSA) is 164 Å². The van der Waals surface area contributed by atoms with Crippen LogP contribution in [0.15, 0.2) is 91.5 Å². The fourth-order valence-electron chi connectivity index (χ4n) is 7.46. The number of aryl methyl sites for hydroxylation is 1. The summed E-state index contributed by atoms with van der Waals surface area (Å²) < 4.78 is 25.6. The van der Waals surface area contributed by atoms with Crippen LogP contribution in [0.5, 0.6) is 17.4 Å². The van der Waals surface area contributed by atoms with E-state index in [-0.39, 0.29) is 56.0 Å². The van der Waals surface area contributed by atoms with Crippen molar-refractivity contribution in [3.8, 4) is 40.3 Å². The first-order valence-corrected chi connectivity index (χ1v) is 18.9. The summed E-state index contributed by atoms with van der Waals surface area (Å²) in [5, 5.41) is 4.50. The summed E-state index contributed by atoms with van der Waals surface area (Å²) in [5.41, 5.74) is 5.31. The van der Waals surface area contributed by atoms with E-state index in [4.69, 9.17) is 18.9 Å². The SMILES string of the molecule is Cn1c2ccncc2c2ccc(-c3ccc(OC4CC(Oc5ccc(C#CCOCCOc6ccc7c(c6)C(=O)N(C6CCC(=O)NC6=O)C7=O)nc5)C4)nc3)cc21. The van der Waals surface area contributed by atoms with E-state index in [1.165, 1.54) is 17.5 Å². The second-order valence-electron chi connectivity index (χ2n) is 14.3. The first-order chi connectivity index (χ1) is 28.3. The zero-order chi connectivity index (χ0) is 39.8. The van der Waals surface area contributed by atoms with Gasteiger partial charge in [-0.25, -0.2) is 9.97 Å². The van der Waals surface area contributed by atoms with Crippen molar-refractivity contribution in [2.45, 2.75) is 43.9 Å². The molecule has 58 heavy (non-hydrogen) atoms. The van der Waals surface area contributed by atoms with Crippen LogP contribution in [-0.4, -0.2) is 86.1 Å². The van der Waals surface area contributed by atoms with Crippen LogP contribution in [0.2, 0.25) is 0 Å². The number of carbonyl (C=O) groups excluding carboxylic acids is 4. The third-order valence-electron chi connectivity index (χ3n) is 10.6. The van der Waals surface area contributed by atoms with Gasteiger partial charge in [-0.2, -0.15) is 0 Å². The normalized spacial score (nSPS) is 18.7. The van der Waals surface area contributed by atoms with Gasteiger partial charge in [-0.05, 0) is 66.4 Å². The van der Waals surface area contributed by atoms with Crippen molar-refractivity contribution >= 4 is 45.4 Å². The molecule has 14 nitrogen and oxygen atoms in total. The van der Waals surface area contributed by atoms with Crippen LogP contribution in [0.1, 0.15) is 52.1 Å². The Morgan fingerprint density at radius 3 is 2.41 bits per heavy atom. The van der Waals surface area contributed by atoms with Gasteiger partial charge in [0, 0.05) is 72.8 Å². The van der Waals surface area contributed by atoms with Crippen molar-refractivity contribution in [2.24, 2.45) is 7.05 Å². The Kier molecular flexibility index (Phi) is 9.72. The van der Waals surface area contributed by atoms with Gasteiger partial charge in [-0.15, -0.1) is 0 Å². The Labute approximate surface area is 332 Å². The molecule has 2 aliphatic heterocycles. The quantitative estimate of drug-likeness (QED) is 0.107. The molecule has 4 aromatic heterocycles. The lowest BCUT2D eigenvalue weighted by Crippen LogP contribution is -2.54. The molecule has 9 rings (SSSR count). The van der Waals surface area contributed by atoms with Crippen LogP contribution >= 0.6 is 0 Å². The van der Waals surface area contributed by atoms with Gasteiger partial charge in [-0.3, -0.25) is 34.4 Å². The number of aromatic nitrogens is 4. The molecule has 1 atom stereocenters. The number of nitrogens with zero attached hydrogens (tertiary/aromatic N) is 5. The molecule has 6 aromatic rings. The van der Waals surface area contributed by atoms with Gasteiger partial charge in [0.15, 0.2) is 0 Å². The molecule has 1 N–H and O–H groups in total. The fraction of sp³-hybridized carbons (Fsp3) is 0.250. The van der Waals surface area contributed by atoms with Crippen LogP contribution in [0, 0.1) is 11.8 Å². The largest absolute Gasteiger partial charge is 0.491 e. The highest BCUT2D eigenvalue weighted by molar-refractivity contribution is 6.23. The van der Waals surface area contributed by atoms with Crippen molar-refractivity contribution in [2.75, 3.05) is 19.8 Å². The number of piperidine rings is 1. The molecule has 1 saturated heterocycles. The minimum atomic E-state index is -1.02. The van der Waals surface area contributed by atoms with E-state index < -0.39 is 29.7 Å². The zero-order valence-electron chi connectivity index (χ0n) is 31.3. The first kappa shape index (κ1) is 36.5. The molecule has 2 aromatic carbocycles. The number of hydrogen-bond acceptors (Lipinski definition) is 11. The Balaban J connectivity index is 0.683. The molecule has 14 heteroatoms. The molecule has 4 amide bonds. The molecule has 0 bridgehead atoms. The average molecular weight is 777 g/mol. The summed E-state index contributed by atoms with van der Waals surface area (Å²) in [7, 11) is 2.07. The molecule has 0 spiro atoms. The zero-order valence-corrected chi connectivity index (χ0v) is 31.3. The highest BCUT2D eigenvalue weighted by Crippen LogP contribution is 2.34. The molecule has 0 radical (unpaired) electrons. The summed E-state index contributed by atoms with van der Waals surface area (Å²) in [6.07, 6.45) is 8.90. The molecule has 6 heterocycles. The van der Waals surface area contributed by atoms with E-state index in [0.29, 0.717) is 23.1 Å². The predicted molar refractivity (Wildman–Crippen MR) is 210 cm³/mol. The maximum atomic E-state index is 13.0. The van der Waals surface area contributed by atoms with Crippen LogP contribution in [0.25, 0.3) is 32.9 Å². The summed E-state index contributed by atoms with van der Waals surface area (Å²) in [6.45, 7) is 0.569. The summed E-state index contributed by atoms with van der Waals surface area (Å²) in [4.78, 5) is 63.8. The molecule has 1 unspecified atom stereocenters. The summed E-state index contributed by atoms with van der Waals surface area (Å²) in [6, 6.07) is 19.6. The number of carbonyl (C=O) groups is 4. The summed E-state index contributed by atoms with van der Waals surface area (Å²) in [5.74, 6) is 5.27. The van der Waals surface area contributed by atoms with E-state index in [9.17, 15) is 19.2 Å². The number of amides is 4. The fourth-order valence-corrected chi connectivity index (χ4v) is 7.46. The third kappa shape index (κ3) is 7.19. The minimum absolute atomic E-state index is 0.0219. The van der Waals surface area contributed by atoms with Gasteiger partial charge >= 0.3 is 0 Å². The number of rotatable bonds is 11. The van der Waals surface area contributed by atoms with E-state index >= 15 is 0 Å². The number of benzene rings is 2. The van der Waals surface area contributed by atoms with E-state index in [2.05, 4.69) is 61.9 Å². The lowest BCUT2D eigenvalue weighted by molar-refractivity contribution is -0.136. The second-order valence-corrected chi connectivity index (χ2v) is 14.3. The number of ether oxygens (including phenoxy) is 4. The standard InChI is InChI=1S/C44H36N6O8/c1-49-37-14-15-45-25-36(37)33-9-4-26(19-39(33)49)27-5-13-41(47-23-27)58-32-20-31(21-32)57-30-7-6-28(46-24-30)3-2-16-55-17-18-56-29-8-10-34-35(22-29)44(54)50(43(34)53)38-11-12-40(51)48-42(38)52/h4-10,13-15,19,22-25,31-32,38H,11-12,16-18,20-21H2,1H3,(H,48,51,52). The number of fused-ring (bicyclic) bond motifs is 4. The molecule has 1 saturated carbocycles. The van der Waals surface area contributed by atoms with Crippen LogP contribution in [-0.2, 0) is 21.4 Å². The van der Waals surface area contributed by atoms with Crippen LogP contribution < -0.4 is 19.5 Å². The number of imide groups is 2. The Bertz CT molecular complexity index is 2660. The monoisotopic (exact) mass is 776 g/mol.